The summed E-state index contributed by atoms with van der Waals surface area (Å²) in [5, 5.41) is 13.4. The Hall–Kier alpha value is -2.17. The van der Waals surface area contributed by atoms with Gasteiger partial charge in [0.15, 0.2) is 0 Å². The molecule has 0 aliphatic carbocycles. The second kappa shape index (κ2) is 7.40. The summed E-state index contributed by atoms with van der Waals surface area (Å²) in [7, 11) is 2.15. The number of hydrogen-bond acceptors (Lipinski definition) is 4. The molecule has 1 aliphatic heterocycles. The van der Waals surface area contributed by atoms with Gasteiger partial charge in [0, 0.05) is 31.5 Å². The fourth-order valence-corrected chi connectivity index (χ4v) is 2.99. The molecular weight excluding hydrogens is 286 g/mol. The molecule has 4 heteroatoms. The number of pyridine rings is 1. The summed E-state index contributed by atoms with van der Waals surface area (Å²) < 4.78 is 0. The zero-order valence-electron chi connectivity index (χ0n) is 13.4. The minimum atomic E-state index is 0.311. The standard InChI is InChI=1S/C19H23N3O/c1-22(18-6-8-21-13-18)14-17-9-16(10-19(23)11-17)5-4-15-3-2-7-20-12-15/h2-5,7,9-12,18,21,23H,6,8,13-14H2,1H3/b5-4+. The number of aromatic hydroxyl groups is 1. The van der Waals surface area contributed by atoms with Crippen molar-refractivity contribution in [3.8, 4) is 5.75 Å². The number of likely N-dealkylation sites (N-methyl/N-ethyl adjacent to an activating group) is 1. The first kappa shape index (κ1) is 15.7. The molecule has 1 aromatic heterocycles. The van der Waals surface area contributed by atoms with E-state index in [0.717, 1.165) is 36.3 Å². The van der Waals surface area contributed by atoms with Gasteiger partial charge >= 0.3 is 0 Å². The van der Waals surface area contributed by atoms with E-state index in [4.69, 9.17) is 0 Å². The summed E-state index contributed by atoms with van der Waals surface area (Å²) in [6, 6.07) is 10.3. The van der Waals surface area contributed by atoms with Crippen molar-refractivity contribution < 1.29 is 5.11 Å². The first-order valence-electron chi connectivity index (χ1n) is 8.03. The van der Waals surface area contributed by atoms with Crippen LogP contribution in [-0.2, 0) is 6.54 Å². The fourth-order valence-electron chi connectivity index (χ4n) is 2.99. The van der Waals surface area contributed by atoms with Gasteiger partial charge in [0.2, 0.25) is 0 Å². The number of rotatable bonds is 5. The average molecular weight is 309 g/mol. The molecule has 1 aliphatic rings. The van der Waals surface area contributed by atoms with E-state index in [2.05, 4.69) is 28.3 Å². The highest BCUT2D eigenvalue weighted by molar-refractivity contribution is 5.70. The Labute approximate surface area is 137 Å². The predicted octanol–water partition coefficient (Wildman–Crippen LogP) is 2.75. The SMILES string of the molecule is CN(Cc1cc(O)cc(/C=C/c2cccnc2)c1)C1CCNC1. The summed E-state index contributed by atoms with van der Waals surface area (Å²) >= 11 is 0. The monoisotopic (exact) mass is 309 g/mol. The first-order valence-corrected chi connectivity index (χ1v) is 8.03. The maximum absolute atomic E-state index is 9.99. The third-order valence-corrected chi connectivity index (χ3v) is 4.24. The minimum absolute atomic E-state index is 0.311. The lowest BCUT2D eigenvalue weighted by Gasteiger charge is -2.23. The van der Waals surface area contributed by atoms with Gasteiger partial charge in [-0.1, -0.05) is 24.3 Å². The van der Waals surface area contributed by atoms with Crippen molar-refractivity contribution in [2.75, 3.05) is 20.1 Å². The Bertz CT molecular complexity index is 664. The third-order valence-electron chi connectivity index (χ3n) is 4.24. The quantitative estimate of drug-likeness (QED) is 0.891. The Morgan fingerprint density at radius 2 is 2.17 bits per heavy atom. The topological polar surface area (TPSA) is 48.4 Å². The van der Waals surface area contributed by atoms with Gasteiger partial charge in [-0.3, -0.25) is 9.88 Å². The summed E-state index contributed by atoms with van der Waals surface area (Å²) in [6.45, 7) is 2.98. The summed E-state index contributed by atoms with van der Waals surface area (Å²) in [4.78, 5) is 6.45. The minimum Gasteiger partial charge on any atom is -0.508 e. The number of phenols is 1. The predicted molar refractivity (Wildman–Crippen MR) is 94.0 cm³/mol. The van der Waals surface area contributed by atoms with Gasteiger partial charge in [-0.05, 0) is 54.9 Å². The molecule has 2 heterocycles. The molecule has 0 saturated carbocycles. The zero-order valence-corrected chi connectivity index (χ0v) is 13.4. The van der Waals surface area contributed by atoms with Crippen molar-refractivity contribution in [3.63, 3.8) is 0 Å². The molecule has 3 rings (SSSR count). The Balaban J connectivity index is 1.72. The lowest BCUT2D eigenvalue weighted by atomic mass is 10.1. The average Bonchev–Trinajstić information content (AvgIpc) is 3.08. The van der Waals surface area contributed by atoms with Crippen molar-refractivity contribution in [2.24, 2.45) is 0 Å². The highest BCUT2D eigenvalue weighted by atomic mass is 16.3. The molecule has 2 N–H and O–H groups in total. The maximum atomic E-state index is 9.99. The molecule has 2 aromatic rings. The Morgan fingerprint density at radius 1 is 1.30 bits per heavy atom. The van der Waals surface area contributed by atoms with Crippen LogP contribution in [0.1, 0.15) is 23.1 Å². The van der Waals surface area contributed by atoms with Crippen LogP contribution in [0.3, 0.4) is 0 Å². The third kappa shape index (κ3) is 4.41. The number of nitrogens with one attached hydrogen (secondary N) is 1. The smallest absolute Gasteiger partial charge is 0.116 e. The molecule has 0 bridgehead atoms. The fraction of sp³-hybridized carbons (Fsp3) is 0.316. The summed E-state index contributed by atoms with van der Waals surface area (Å²) in [5.74, 6) is 0.311. The van der Waals surface area contributed by atoms with Gasteiger partial charge in [-0.25, -0.2) is 0 Å². The molecule has 120 valence electrons. The van der Waals surface area contributed by atoms with E-state index in [9.17, 15) is 5.11 Å². The van der Waals surface area contributed by atoms with E-state index in [-0.39, 0.29) is 0 Å². The number of hydrogen-bond donors (Lipinski definition) is 2. The second-order valence-electron chi connectivity index (χ2n) is 6.11. The van der Waals surface area contributed by atoms with Crippen LogP contribution >= 0.6 is 0 Å². The van der Waals surface area contributed by atoms with Crippen LogP contribution in [0.25, 0.3) is 12.2 Å². The number of phenolic OH excluding ortho intramolecular Hbond substituents is 1. The molecule has 1 fully saturated rings. The zero-order chi connectivity index (χ0) is 16.1. The van der Waals surface area contributed by atoms with Gasteiger partial charge in [0.25, 0.3) is 0 Å². The molecule has 0 spiro atoms. The van der Waals surface area contributed by atoms with Crippen LogP contribution in [0.4, 0.5) is 0 Å². The summed E-state index contributed by atoms with van der Waals surface area (Å²) in [5.41, 5.74) is 3.18. The van der Waals surface area contributed by atoms with E-state index < -0.39 is 0 Å². The number of aromatic nitrogens is 1. The number of nitrogens with zero attached hydrogens (tertiary/aromatic N) is 2. The molecule has 1 aromatic carbocycles. The highest BCUT2D eigenvalue weighted by Crippen LogP contribution is 2.20. The van der Waals surface area contributed by atoms with Crippen molar-refractivity contribution in [1.82, 2.24) is 15.2 Å². The summed E-state index contributed by atoms with van der Waals surface area (Å²) in [6.07, 6.45) is 8.79. The molecule has 0 radical (unpaired) electrons. The van der Waals surface area contributed by atoms with Crippen LogP contribution < -0.4 is 5.32 Å². The van der Waals surface area contributed by atoms with Crippen LogP contribution in [-0.4, -0.2) is 41.2 Å². The van der Waals surface area contributed by atoms with E-state index in [1.54, 1.807) is 12.3 Å². The molecule has 1 atom stereocenters. The van der Waals surface area contributed by atoms with Gasteiger partial charge < -0.3 is 10.4 Å². The van der Waals surface area contributed by atoms with Crippen molar-refractivity contribution >= 4 is 12.2 Å². The molecule has 1 saturated heterocycles. The van der Waals surface area contributed by atoms with E-state index in [0.29, 0.717) is 11.8 Å². The highest BCUT2D eigenvalue weighted by Gasteiger charge is 2.19. The second-order valence-corrected chi connectivity index (χ2v) is 6.11. The van der Waals surface area contributed by atoms with Crippen molar-refractivity contribution in [3.05, 3.63) is 59.4 Å². The van der Waals surface area contributed by atoms with Crippen LogP contribution in [0, 0.1) is 0 Å². The van der Waals surface area contributed by atoms with E-state index >= 15 is 0 Å². The van der Waals surface area contributed by atoms with Gasteiger partial charge in [-0.2, -0.15) is 0 Å². The molecular formula is C19H23N3O. The van der Waals surface area contributed by atoms with Gasteiger partial charge in [0.05, 0.1) is 0 Å². The van der Waals surface area contributed by atoms with E-state index in [1.165, 1.54) is 6.42 Å². The Morgan fingerprint density at radius 3 is 2.91 bits per heavy atom. The number of benzene rings is 1. The molecule has 23 heavy (non-hydrogen) atoms. The lowest BCUT2D eigenvalue weighted by Crippen LogP contribution is -2.32. The van der Waals surface area contributed by atoms with Crippen LogP contribution in [0.15, 0.2) is 42.7 Å². The van der Waals surface area contributed by atoms with Gasteiger partial charge in [0.1, 0.15) is 5.75 Å². The maximum Gasteiger partial charge on any atom is 0.116 e. The van der Waals surface area contributed by atoms with E-state index in [1.807, 2.05) is 36.5 Å². The normalized spacial score (nSPS) is 18.1. The molecule has 4 nitrogen and oxygen atoms in total. The molecule has 0 amide bonds. The van der Waals surface area contributed by atoms with Gasteiger partial charge in [-0.15, -0.1) is 0 Å². The van der Waals surface area contributed by atoms with Crippen molar-refractivity contribution in [1.29, 1.82) is 0 Å². The molecule has 1 unspecified atom stereocenters. The Kier molecular flexibility index (Phi) is 5.05. The first-order chi connectivity index (χ1) is 11.2. The lowest BCUT2D eigenvalue weighted by molar-refractivity contribution is 0.248. The van der Waals surface area contributed by atoms with Crippen molar-refractivity contribution in [2.45, 2.75) is 19.0 Å². The van der Waals surface area contributed by atoms with Crippen LogP contribution in [0.2, 0.25) is 0 Å². The largest absolute Gasteiger partial charge is 0.508 e. The van der Waals surface area contributed by atoms with Crippen LogP contribution in [0.5, 0.6) is 5.75 Å².